The highest BCUT2D eigenvalue weighted by Crippen LogP contribution is 2.41. The average molecular weight is 348 g/mol. The van der Waals surface area contributed by atoms with E-state index < -0.39 is 0 Å². The quantitative estimate of drug-likeness (QED) is 0.714. The van der Waals surface area contributed by atoms with Gasteiger partial charge in [0, 0.05) is 11.1 Å². The Bertz CT molecular complexity index is 694. The number of aromatic nitrogens is 1. The van der Waals surface area contributed by atoms with Crippen LogP contribution in [0.3, 0.4) is 0 Å². The lowest BCUT2D eigenvalue weighted by atomic mass is 10.2. The average Bonchev–Trinajstić information content (AvgIpc) is 3.09. The molecule has 0 radical (unpaired) electrons. The van der Waals surface area contributed by atoms with Crippen LogP contribution in [0.1, 0.15) is 35.3 Å². The summed E-state index contributed by atoms with van der Waals surface area (Å²) in [4.78, 5) is 28.3. The van der Waals surface area contributed by atoms with Crippen molar-refractivity contribution in [3.05, 3.63) is 40.2 Å². The molecule has 1 unspecified atom stereocenters. The molecule has 1 aliphatic carbocycles. The fraction of sp³-hybridized carbons (Fsp3) is 0.438. The van der Waals surface area contributed by atoms with Crippen molar-refractivity contribution in [3.63, 3.8) is 0 Å². The summed E-state index contributed by atoms with van der Waals surface area (Å²) < 4.78 is 5.13. The summed E-state index contributed by atoms with van der Waals surface area (Å²) in [6.45, 7) is 2.16. The van der Waals surface area contributed by atoms with Crippen molar-refractivity contribution >= 4 is 23.3 Å². The minimum absolute atomic E-state index is 0.0742. The van der Waals surface area contributed by atoms with Crippen molar-refractivity contribution in [2.24, 2.45) is 5.92 Å². The van der Waals surface area contributed by atoms with Crippen LogP contribution in [-0.4, -0.2) is 23.5 Å². The van der Waals surface area contributed by atoms with Gasteiger partial charge in [0.1, 0.15) is 10.8 Å². The molecule has 1 aliphatic rings. The SMILES string of the molecule is Cc1csc(C(NC(=O)NCC(=O)NCc2ccco2)C2CC2)n1. The topological polar surface area (TPSA) is 96.3 Å². The van der Waals surface area contributed by atoms with Gasteiger partial charge in [0.2, 0.25) is 5.91 Å². The maximum atomic E-state index is 12.1. The first-order valence-corrected chi connectivity index (χ1v) is 8.75. The number of carbonyl (C=O) groups is 2. The molecule has 7 nitrogen and oxygen atoms in total. The number of amides is 3. The second kappa shape index (κ2) is 7.48. The first-order chi connectivity index (χ1) is 11.6. The van der Waals surface area contributed by atoms with Crippen molar-refractivity contribution in [2.45, 2.75) is 32.4 Å². The van der Waals surface area contributed by atoms with Crippen LogP contribution in [0, 0.1) is 12.8 Å². The summed E-state index contributed by atoms with van der Waals surface area (Å²) in [6, 6.07) is 3.10. The molecule has 2 aromatic heterocycles. The molecular formula is C16H20N4O3S. The molecule has 0 aromatic carbocycles. The van der Waals surface area contributed by atoms with Crippen LogP contribution in [0.25, 0.3) is 0 Å². The second-order valence-electron chi connectivity index (χ2n) is 5.83. The van der Waals surface area contributed by atoms with Crippen LogP contribution < -0.4 is 16.0 Å². The van der Waals surface area contributed by atoms with E-state index in [0.29, 0.717) is 18.2 Å². The Morgan fingerprint density at radius 1 is 1.42 bits per heavy atom. The summed E-state index contributed by atoms with van der Waals surface area (Å²) in [5, 5.41) is 11.1. The molecule has 1 fully saturated rings. The zero-order valence-electron chi connectivity index (χ0n) is 13.4. The third-order valence-corrected chi connectivity index (χ3v) is 4.78. The molecule has 128 valence electrons. The minimum Gasteiger partial charge on any atom is -0.467 e. The molecule has 0 saturated heterocycles. The van der Waals surface area contributed by atoms with Crippen molar-refractivity contribution in [1.82, 2.24) is 20.9 Å². The molecule has 8 heteroatoms. The standard InChI is InChI=1S/C16H20N4O3S/c1-10-9-24-15(19-10)14(11-4-5-11)20-16(22)18-8-13(21)17-7-12-3-2-6-23-12/h2-3,6,9,11,14H,4-5,7-8H2,1H3,(H,17,21)(H2,18,20,22). The van der Waals surface area contributed by atoms with Gasteiger partial charge in [-0.2, -0.15) is 0 Å². The zero-order valence-corrected chi connectivity index (χ0v) is 14.2. The first kappa shape index (κ1) is 16.5. The predicted molar refractivity (Wildman–Crippen MR) is 89.4 cm³/mol. The van der Waals surface area contributed by atoms with E-state index >= 15 is 0 Å². The summed E-state index contributed by atoms with van der Waals surface area (Å²) in [6.07, 6.45) is 3.73. The van der Waals surface area contributed by atoms with E-state index in [1.165, 1.54) is 0 Å². The van der Waals surface area contributed by atoms with E-state index in [1.54, 1.807) is 29.7 Å². The van der Waals surface area contributed by atoms with Crippen LogP contribution >= 0.6 is 11.3 Å². The Morgan fingerprint density at radius 2 is 2.25 bits per heavy atom. The number of nitrogens with zero attached hydrogens (tertiary/aromatic N) is 1. The van der Waals surface area contributed by atoms with Crippen molar-refractivity contribution < 1.29 is 14.0 Å². The highest BCUT2D eigenvalue weighted by Gasteiger charge is 2.35. The smallest absolute Gasteiger partial charge is 0.315 e. The van der Waals surface area contributed by atoms with Gasteiger partial charge in [0.15, 0.2) is 0 Å². The van der Waals surface area contributed by atoms with E-state index in [9.17, 15) is 9.59 Å². The molecule has 3 N–H and O–H groups in total. The number of thiazole rings is 1. The Balaban J connectivity index is 1.43. The van der Waals surface area contributed by atoms with Crippen LogP contribution in [0.5, 0.6) is 0 Å². The third-order valence-electron chi connectivity index (χ3n) is 3.73. The minimum atomic E-state index is -0.354. The second-order valence-corrected chi connectivity index (χ2v) is 6.72. The van der Waals surface area contributed by atoms with Crippen LogP contribution in [0.15, 0.2) is 28.2 Å². The van der Waals surface area contributed by atoms with Gasteiger partial charge in [-0.15, -0.1) is 11.3 Å². The van der Waals surface area contributed by atoms with Gasteiger partial charge in [-0.25, -0.2) is 9.78 Å². The van der Waals surface area contributed by atoms with Gasteiger partial charge in [-0.1, -0.05) is 0 Å². The Morgan fingerprint density at radius 3 is 2.88 bits per heavy atom. The van der Waals surface area contributed by atoms with E-state index in [1.807, 2.05) is 12.3 Å². The van der Waals surface area contributed by atoms with Gasteiger partial charge < -0.3 is 20.4 Å². The van der Waals surface area contributed by atoms with Gasteiger partial charge in [0.05, 0.1) is 25.4 Å². The highest BCUT2D eigenvalue weighted by atomic mass is 32.1. The van der Waals surface area contributed by atoms with E-state index in [4.69, 9.17) is 4.42 Å². The molecular weight excluding hydrogens is 328 g/mol. The molecule has 1 atom stereocenters. The lowest BCUT2D eigenvalue weighted by Gasteiger charge is -2.16. The van der Waals surface area contributed by atoms with Crippen LogP contribution in [0.2, 0.25) is 0 Å². The van der Waals surface area contributed by atoms with E-state index in [2.05, 4.69) is 20.9 Å². The number of rotatable bonds is 7. The molecule has 2 heterocycles. The molecule has 0 aliphatic heterocycles. The van der Waals surface area contributed by atoms with Crippen LogP contribution in [-0.2, 0) is 11.3 Å². The third kappa shape index (κ3) is 4.58. The Kier molecular flexibility index (Phi) is 5.14. The maximum absolute atomic E-state index is 12.1. The van der Waals surface area contributed by atoms with Crippen molar-refractivity contribution in [3.8, 4) is 0 Å². The van der Waals surface area contributed by atoms with Gasteiger partial charge in [0.25, 0.3) is 0 Å². The van der Waals surface area contributed by atoms with Gasteiger partial charge >= 0.3 is 6.03 Å². The molecule has 2 aromatic rings. The fourth-order valence-corrected chi connectivity index (χ4v) is 3.28. The summed E-state index contributed by atoms with van der Waals surface area (Å²) in [7, 11) is 0. The van der Waals surface area contributed by atoms with E-state index in [-0.39, 0.29) is 24.5 Å². The molecule has 0 bridgehead atoms. The molecule has 3 amide bonds. The lowest BCUT2D eigenvalue weighted by Crippen LogP contribution is -2.43. The molecule has 24 heavy (non-hydrogen) atoms. The summed E-state index contributed by atoms with van der Waals surface area (Å²) in [5.41, 5.74) is 0.958. The van der Waals surface area contributed by atoms with Crippen molar-refractivity contribution in [1.29, 1.82) is 0 Å². The molecule has 0 spiro atoms. The maximum Gasteiger partial charge on any atom is 0.315 e. The number of urea groups is 1. The summed E-state index contributed by atoms with van der Waals surface area (Å²) in [5.74, 6) is 0.837. The van der Waals surface area contributed by atoms with Gasteiger partial charge in [-0.05, 0) is 37.8 Å². The number of carbonyl (C=O) groups excluding carboxylic acids is 2. The zero-order chi connectivity index (χ0) is 16.9. The number of aryl methyl sites for hydroxylation is 1. The number of hydrogen-bond donors (Lipinski definition) is 3. The normalized spacial score (nSPS) is 14.9. The largest absolute Gasteiger partial charge is 0.467 e. The fourth-order valence-electron chi connectivity index (χ4n) is 2.34. The van der Waals surface area contributed by atoms with Crippen molar-refractivity contribution in [2.75, 3.05) is 6.54 Å². The summed E-state index contributed by atoms with van der Waals surface area (Å²) >= 11 is 1.56. The highest BCUT2D eigenvalue weighted by molar-refractivity contribution is 7.09. The van der Waals surface area contributed by atoms with E-state index in [0.717, 1.165) is 23.5 Å². The number of hydrogen-bond acceptors (Lipinski definition) is 5. The Hall–Kier alpha value is -2.35. The lowest BCUT2D eigenvalue weighted by molar-refractivity contribution is -0.120. The first-order valence-electron chi connectivity index (χ1n) is 7.87. The monoisotopic (exact) mass is 348 g/mol. The van der Waals surface area contributed by atoms with Crippen LogP contribution in [0.4, 0.5) is 4.79 Å². The Labute approximate surface area is 143 Å². The number of furan rings is 1. The predicted octanol–water partition coefficient (Wildman–Crippen LogP) is 2.11. The van der Waals surface area contributed by atoms with Gasteiger partial charge in [-0.3, -0.25) is 4.79 Å². The number of nitrogens with one attached hydrogen (secondary N) is 3. The molecule has 3 rings (SSSR count). The molecule has 1 saturated carbocycles.